The number of ether oxygens (including phenoxy) is 1. The zero-order valence-electron chi connectivity index (χ0n) is 8.99. The van der Waals surface area contributed by atoms with Gasteiger partial charge in [0.2, 0.25) is 0 Å². The van der Waals surface area contributed by atoms with E-state index in [1.54, 1.807) is 6.92 Å². The van der Waals surface area contributed by atoms with Gasteiger partial charge in [-0.3, -0.25) is 19.3 Å². The van der Waals surface area contributed by atoms with E-state index in [-0.39, 0.29) is 31.5 Å². The van der Waals surface area contributed by atoms with E-state index < -0.39 is 11.8 Å². The molecule has 0 bridgehead atoms. The second-order valence-electron chi connectivity index (χ2n) is 3.64. The number of imide groups is 1. The van der Waals surface area contributed by atoms with Crippen LogP contribution in [0.5, 0.6) is 0 Å². The van der Waals surface area contributed by atoms with Crippen molar-refractivity contribution in [2.45, 2.75) is 20.3 Å². The van der Waals surface area contributed by atoms with Crippen LogP contribution in [-0.4, -0.2) is 42.3 Å². The van der Waals surface area contributed by atoms with E-state index >= 15 is 0 Å². The van der Waals surface area contributed by atoms with Crippen LogP contribution in [-0.2, 0) is 19.1 Å². The van der Waals surface area contributed by atoms with E-state index in [4.69, 9.17) is 4.74 Å². The van der Waals surface area contributed by atoms with Gasteiger partial charge in [-0.15, -0.1) is 0 Å². The second kappa shape index (κ2) is 5.02. The monoisotopic (exact) mass is 213 g/mol. The molecule has 0 spiro atoms. The lowest BCUT2D eigenvalue weighted by molar-refractivity contribution is -0.160. The molecule has 1 aliphatic rings. The van der Waals surface area contributed by atoms with Gasteiger partial charge in [0.1, 0.15) is 13.2 Å². The Morgan fingerprint density at radius 3 is 2.40 bits per heavy atom. The lowest BCUT2D eigenvalue weighted by Gasteiger charge is -2.25. The minimum absolute atomic E-state index is 0.0823. The molecule has 0 aromatic rings. The van der Waals surface area contributed by atoms with Crippen molar-refractivity contribution < 1.29 is 19.1 Å². The summed E-state index contributed by atoms with van der Waals surface area (Å²) in [5.41, 5.74) is 0. The second-order valence-corrected chi connectivity index (χ2v) is 3.64. The van der Waals surface area contributed by atoms with Crippen molar-refractivity contribution in [1.29, 1.82) is 0 Å². The SMILES string of the molecule is CCC(C)C(=O)CN1C(=O)COCC1=O. The van der Waals surface area contributed by atoms with Crippen LogP contribution < -0.4 is 0 Å². The van der Waals surface area contributed by atoms with Gasteiger partial charge < -0.3 is 4.74 Å². The highest BCUT2D eigenvalue weighted by Crippen LogP contribution is 2.07. The first-order valence-electron chi connectivity index (χ1n) is 5.00. The highest BCUT2D eigenvalue weighted by Gasteiger charge is 2.29. The number of hydrogen-bond donors (Lipinski definition) is 0. The van der Waals surface area contributed by atoms with Crippen LogP contribution in [0.4, 0.5) is 0 Å². The average molecular weight is 213 g/mol. The Hall–Kier alpha value is -1.23. The molecule has 0 aliphatic carbocycles. The van der Waals surface area contributed by atoms with Crippen molar-refractivity contribution in [3.63, 3.8) is 0 Å². The maximum atomic E-state index is 11.5. The molecule has 1 rings (SSSR count). The zero-order valence-corrected chi connectivity index (χ0v) is 8.99. The molecule has 0 aromatic heterocycles. The molecule has 5 heteroatoms. The van der Waals surface area contributed by atoms with Gasteiger partial charge in [0.05, 0.1) is 6.54 Å². The zero-order chi connectivity index (χ0) is 11.4. The van der Waals surface area contributed by atoms with Gasteiger partial charge in [0.25, 0.3) is 11.8 Å². The van der Waals surface area contributed by atoms with Crippen LogP contribution >= 0.6 is 0 Å². The van der Waals surface area contributed by atoms with E-state index in [0.717, 1.165) is 4.90 Å². The lowest BCUT2D eigenvalue weighted by atomic mass is 10.0. The maximum absolute atomic E-state index is 11.5. The van der Waals surface area contributed by atoms with E-state index in [1.165, 1.54) is 0 Å². The molecule has 0 N–H and O–H groups in total. The summed E-state index contributed by atoms with van der Waals surface area (Å²) in [6, 6.07) is 0. The number of amides is 2. The standard InChI is InChI=1S/C10H15NO4/c1-3-7(2)8(12)4-11-9(13)5-15-6-10(11)14/h7H,3-6H2,1-2H3. The van der Waals surface area contributed by atoms with Gasteiger partial charge in [0, 0.05) is 5.92 Å². The molecule has 15 heavy (non-hydrogen) atoms. The first-order valence-corrected chi connectivity index (χ1v) is 5.00. The largest absolute Gasteiger partial charge is 0.362 e. The fraction of sp³-hybridized carbons (Fsp3) is 0.700. The molecule has 1 saturated heterocycles. The van der Waals surface area contributed by atoms with E-state index in [1.807, 2.05) is 6.92 Å². The summed E-state index contributed by atoms with van der Waals surface area (Å²) in [5, 5.41) is 0. The number of ketones is 1. The third kappa shape index (κ3) is 2.86. The average Bonchev–Trinajstić information content (AvgIpc) is 2.22. The minimum Gasteiger partial charge on any atom is -0.362 e. The van der Waals surface area contributed by atoms with Gasteiger partial charge in [-0.2, -0.15) is 0 Å². The van der Waals surface area contributed by atoms with Crippen LogP contribution in [0.15, 0.2) is 0 Å². The summed E-state index contributed by atoms with van der Waals surface area (Å²) in [4.78, 5) is 35.1. The molecule has 1 atom stereocenters. The molecule has 1 fully saturated rings. The Balaban J connectivity index is 2.59. The van der Waals surface area contributed by atoms with Gasteiger partial charge in [-0.1, -0.05) is 13.8 Å². The third-order valence-electron chi connectivity index (χ3n) is 2.53. The minimum atomic E-state index is -0.428. The van der Waals surface area contributed by atoms with Crippen LogP contribution in [0.2, 0.25) is 0 Å². The number of carbonyl (C=O) groups excluding carboxylic acids is 3. The maximum Gasteiger partial charge on any atom is 0.255 e. The third-order valence-corrected chi connectivity index (χ3v) is 2.53. The molecule has 84 valence electrons. The van der Waals surface area contributed by atoms with Crippen molar-refractivity contribution in [2.24, 2.45) is 5.92 Å². The fourth-order valence-electron chi connectivity index (χ4n) is 1.24. The summed E-state index contributed by atoms with van der Waals surface area (Å²) in [5.74, 6) is -1.06. The van der Waals surface area contributed by atoms with Crippen LogP contribution in [0.25, 0.3) is 0 Å². The molecule has 0 aromatic carbocycles. The normalized spacial score (nSPS) is 19.2. The number of rotatable bonds is 4. The lowest BCUT2D eigenvalue weighted by Crippen LogP contribution is -2.49. The molecule has 0 saturated carbocycles. The van der Waals surface area contributed by atoms with Gasteiger partial charge in [0.15, 0.2) is 5.78 Å². The van der Waals surface area contributed by atoms with Crippen molar-refractivity contribution in [2.75, 3.05) is 19.8 Å². The summed E-state index contributed by atoms with van der Waals surface area (Å²) < 4.78 is 4.74. The van der Waals surface area contributed by atoms with Crippen molar-refractivity contribution in [3.05, 3.63) is 0 Å². The first-order chi connectivity index (χ1) is 7.06. The number of hydrogen-bond acceptors (Lipinski definition) is 4. The van der Waals surface area contributed by atoms with Gasteiger partial charge in [-0.05, 0) is 6.42 Å². The Morgan fingerprint density at radius 2 is 1.93 bits per heavy atom. The van der Waals surface area contributed by atoms with Crippen LogP contribution in [0.3, 0.4) is 0 Å². The Morgan fingerprint density at radius 1 is 1.40 bits per heavy atom. The fourth-order valence-corrected chi connectivity index (χ4v) is 1.24. The number of carbonyl (C=O) groups is 3. The Kier molecular flexibility index (Phi) is 3.96. The molecule has 2 amide bonds. The Labute approximate surface area is 88.4 Å². The smallest absolute Gasteiger partial charge is 0.255 e. The number of nitrogens with zero attached hydrogens (tertiary/aromatic N) is 1. The summed E-state index contributed by atoms with van der Waals surface area (Å²) >= 11 is 0. The first kappa shape index (κ1) is 11.8. The molecule has 1 heterocycles. The highest BCUT2D eigenvalue weighted by molar-refractivity contribution is 6.01. The predicted octanol–water partition coefficient (Wildman–Crippen LogP) is -0.0130. The molecular weight excluding hydrogens is 198 g/mol. The van der Waals surface area contributed by atoms with E-state index in [0.29, 0.717) is 6.42 Å². The molecule has 5 nitrogen and oxygen atoms in total. The van der Waals surface area contributed by atoms with Crippen molar-refractivity contribution in [3.8, 4) is 0 Å². The van der Waals surface area contributed by atoms with Crippen LogP contribution in [0, 0.1) is 5.92 Å². The number of morpholine rings is 1. The van der Waals surface area contributed by atoms with Gasteiger partial charge >= 0.3 is 0 Å². The van der Waals surface area contributed by atoms with Crippen molar-refractivity contribution in [1.82, 2.24) is 4.90 Å². The summed E-state index contributed by atoms with van der Waals surface area (Å²) in [6.45, 7) is 3.35. The highest BCUT2D eigenvalue weighted by atomic mass is 16.5. The van der Waals surface area contributed by atoms with E-state index in [9.17, 15) is 14.4 Å². The summed E-state index contributed by atoms with van der Waals surface area (Å²) in [6.07, 6.45) is 0.714. The number of Topliss-reactive ketones (excluding diaryl/α,β-unsaturated/α-hetero) is 1. The predicted molar refractivity (Wildman–Crippen MR) is 52.0 cm³/mol. The topological polar surface area (TPSA) is 63.7 Å². The Bertz CT molecular complexity index is 271. The molecule has 1 unspecified atom stereocenters. The molecule has 0 radical (unpaired) electrons. The van der Waals surface area contributed by atoms with E-state index in [2.05, 4.69) is 0 Å². The van der Waals surface area contributed by atoms with Crippen LogP contribution in [0.1, 0.15) is 20.3 Å². The van der Waals surface area contributed by atoms with Crippen molar-refractivity contribution >= 4 is 17.6 Å². The molecule has 1 aliphatic heterocycles. The molecular formula is C10H15NO4. The summed E-state index contributed by atoms with van der Waals surface area (Å²) in [7, 11) is 0. The van der Waals surface area contributed by atoms with Gasteiger partial charge in [-0.25, -0.2) is 0 Å². The quantitative estimate of drug-likeness (QED) is 0.616.